The lowest BCUT2D eigenvalue weighted by atomic mass is 10.1. The zero-order chi connectivity index (χ0) is 13.6. The second-order valence-electron chi connectivity index (χ2n) is 5.03. The number of likely N-dealkylation sites (N-methyl/N-ethyl adjacent to an activating group) is 1. The molecule has 2 atom stereocenters. The quantitative estimate of drug-likeness (QED) is 0.700. The second kappa shape index (κ2) is 4.26. The number of carbonyl (C=O) groups is 2. The fourth-order valence-corrected chi connectivity index (χ4v) is 2.82. The number of amides is 2. The van der Waals surface area contributed by atoms with Gasteiger partial charge in [-0.2, -0.15) is 0 Å². The summed E-state index contributed by atoms with van der Waals surface area (Å²) in [5, 5.41) is 0. The van der Waals surface area contributed by atoms with Crippen LogP contribution in [0, 0.1) is 0 Å². The summed E-state index contributed by atoms with van der Waals surface area (Å²) in [6.07, 6.45) is 0.463. The van der Waals surface area contributed by atoms with Crippen LogP contribution in [0.1, 0.15) is 13.3 Å². The van der Waals surface area contributed by atoms with Crippen LogP contribution >= 0.6 is 0 Å². The Morgan fingerprint density at radius 2 is 2.11 bits per heavy atom. The minimum atomic E-state index is -0.402. The van der Waals surface area contributed by atoms with Gasteiger partial charge in [-0.05, 0) is 12.1 Å². The summed E-state index contributed by atoms with van der Waals surface area (Å²) in [6.45, 7) is 1.97. The van der Waals surface area contributed by atoms with Crippen molar-refractivity contribution >= 4 is 17.5 Å². The molecule has 1 fully saturated rings. The van der Waals surface area contributed by atoms with Gasteiger partial charge in [0.1, 0.15) is 17.9 Å². The molecule has 1 aromatic rings. The Hall–Kier alpha value is -2.04. The highest BCUT2D eigenvalue weighted by Crippen LogP contribution is 2.35. The van der Waals surface area contributed by atoms with Gasteiger partial charge >= 0.3 is 0 Å². The zero-order valence-electron chi connectivity index (χ0n) is 11.0. The van der Waals surface area contributed by atoms with E-state index < -0.39 is 6.04 Å². The lowest BCUT2D eigenvalue weighted by Crippen LogP contribution is -2.46. The third kappa shape index (κ3) is 1.85. The summed E-state index contributed by atoms with van der Waals surface area (Å²) in [6, 6.07) is 7.07. The summed E-state index contributed by atoms with van der Waals surface area (Å²) in [5.74, 6) is 0.574. The van der Waals surface area contributed by atoms with E-state index in [0.717, 1.165) is 5.69 Å². The van der Waals surface area contributed by atoms with Crippen LogP contribution in [0.2, 0.25) is 0 Å². The normalized spacial score (nSPS) is 25.5. The van der Waals surface area contributed by atoms with Crippen LogP contribution in [0.4, 0.5) is 5.69 Å². The van der Waals surface area contributed by atoms with Gasteiger partial charge in [0.05, 0.1) is 12.2 Å². The molecule has 0 unspecified atom stereocenters. The first-order valence-electron chi connectivity index (χ1n) is 6.38. The van der Waals surface area contributed by atoms with Crippen molar-refractivity contribution in [3.8, 4) is 5.75 Å². The van der Waals surface area contributed by atoms with E-state index in [1.54, 1.807) is 16.8 Å². The first-order chi connectivity index (χ1) is 9.08. The van der Waals surface area contributed by atoms with Crippen molar-refractivity contribution in [3.05, 3.63) is 24.3 Å². The predicted molar refractivity (Wildman–Crippen MR) is 70.1 cm³/mol. The van der Waals surface area contributed by atoms with Gasteiger partial charge in [-0.1, -0.05) is 12.1 Å². The van der Waals surface area contributed by atoms with Crippen LogP contribution in [0.5, 0.6) is 5.75 Å². The minimum absolute atomic E-state index is 0.0477. The van der Waals surface area contributed by atoms with E-state index >= 15 is 0 Å². The Morgan fingerprint density at radius 1 is 1.37 bits per heavy atom. The highest BCUT2D eigenvalue weighted by Gasteiger charge is 2.43. The number of para-hydroxylation sites is 2. The molecular weight excluding hydrogens is 244 g/mol. The number of nitrogens with zero attached hydrogens (tertiary/aromatic N) is 2. The SMILES string of the molecule is CC(=O)N1C[C@@H]2C[C@H]1C(=O)N(C)c1ccccc1O2. The molecule has 2 amide bonds. The Morgan fingerprint density at radius 3 is 2.84 bits per heavy atom. The number of hydrogen-bond donors (Lipinski definition) is 0. The van der Waals surface area contributed by atoms with Gasteiger partial charge in [-0.3, -0.25) is 9.59 Å². The maximum atomic E-state index is 12.5. The van der Waals surface area contributed by atoms with Gasteiger partial charge in [0.15, 0.2) is 0 Å². The first-order valence-corrected chi connectivity index (χ1v) is 6.38. The van der Waals surface area contributed by atoms with Crippen molar-refractivity contribution in [3.63, 3.8) is 0 Å². The van der Waals surface area contributed by atoms with Gasteiger partial charge in [0.2, 0.25) is 11.8 Å². The molecule has 2 heterocycles. The number of hydrogen-bond acceptors (Lipinski definition) is 3. The number of anilines is 1. The Bertz CT molecular complexity index is 543. The lowest BCUT2D eigenvalue weighted by Gasteiger charge is -2.28. The first kappa shape index (κ1) is 12.0. The van der Waals surface area contributed by atoms with Gasteiger partial charge in [0, 0.05) is 20.4 Å². The van der Waals surface area contributed by atoms with Crippen LogP contribution in [-0.4, -0.2) is 42.5 Å². The smallest absolute Gasteiger partial charge is 0.249 e. The fourth-order valence-electron chi connectivity index (χ4n) is 2.82. The number of benzene rings is 1. The van der Waals surface area contributed by atoms with Crippen molar-refractivity contribution in [1.82, 2.24) is 4.90 Å². The Kier molecular flexibility index (Phi) is 2.69. The monoisotopic (exact) mass is 260 g/mol. The fraction of sp³-hybridized carbons (Fsp3) is 0.429. The summed E-state index contributed by atoms with van der Waals surface area (Å²) in [7, 11) is 1.72. The number of fused-ring (bicyclic) bond motifs is 3. The van der Waals surface area contributed by atoms with Crippen molar-refractivity contribution in [2.75, 3.05) is 18.5 Å². The van der Waals surface area contributed by atoms with Crippen molar-refractivity contribution < 1.29 is 14.3 Å². The summed E-state index contributed by atoms with van der Waals surface area (Å²) < 4.78 is 5.94. The molecule has 5 heteroatoms. The van der Waals surface area contributed by atoms with E-state index in [1.807, 2.05) is 24.3 Å². The van der Waals surface area contributed by atoms with Gasteiger partial charge in [0.25, 0.3) is 0 Å². The van der Waals surface area contributed by atoms with E-state index in [-0.39, 0.29) is 17.9 Å². The molecule has 2 bridgehead atoms. The number of ether oxygens (including phenoxy) is 1. The lowest BCUT2D eigenvalue weighted by molar-refractivity contribution is -0.135. The molecule has 2 aliphatic heterocycles. The summed E-state index contributed by atoms with van der Waals surface area (Å²) in [5.41, 5.74) is 0.757. The number of carbonyl (C=O) groups excluding carboxylic acids is 2. The molecule has 2 aliphatic rings. The molecule has 1 saturated heterocycles. The third-order valence-corrected chi connectivity index (χ3v) is 3.80. The molecule has 19 heavy (non-hydrogen) atoms. The van der Waals surface area contributed by atoms with E-state index in [0.29, 0.717) is 18.7 Å². The molecule has 0 aliphatic carbocycles. The van der Waals surface area contributed by atoms with Crippen LogP contribution in [0.25, 0.3) is 0 Å². The standard InChI is InChI=1S/C14H16N2O3/c1-9(17)16-8-10-7-12(16)14(18)15(2)11-5-3-4-6-13(11)19-10/h3-6,10,12H,7-8H2,1-2H3/t10-,12-/m0/s1. The van der Waals surface area contributed by atoms with Crippen LogP contribution < -0.4 is 9.64 Å². The topological polar surface area (TPSA) is 49.9 Å². The van der Waals surface area contributed by atoms with Crippen LogP contribution in [0.15, 0.2) is 24.3 Å². The molecule has 100 valence electrons. The van der Waals surface area contributed by atoms with Crippen molar-refractivity contribution in [1.29, 1.82) is 0 Å². The van der Waals surface area contributed by atoms with E-state index in [9.17, 15) is 9.59 Å². The largest absolute Gasteiger partial charge is 0.486 e. The average Bonchev–Trinajstić information content (AvgIpc) is 2.82. The van der Waals surface area contributed by atoms with Gasteiger partial charge in [-0.15, -0.1) is 0 Å². The molecular formula is C14H16N2O3. The molecule has 0 saturated carbocycles. The molecule has 3 rings (SSSR count). The van der Waals surface area contributed by atoms with Crippen LogP contribution in [-0.2, 0) is 9.59 Å². The highest BCUT2D eigenvalue weighted by atomic mass is 16.5. The molecule has 5 nitrogen and oxygen atoms in total. The van der Waals surface area contributed by atoms with Crippen molar-refractivity contribution in [2.24, 2.45) is 0 Å². The maximum Gasteiger partial charge on any atom is 0.249 e. The van der Waals surface area contributed by atoms with E-state index in [1.165, 1.54) is 6.92 Å². The Labute approximate surface area is 111 Å². The van der Waals surface area contributed by atoms with Crippen LogP contribution in [0.3, 0.4) is 0 Å². The maximum absolute atomic E-state index is 12.5. The summed E-state index contributed by atoms with van der Waals surface area (Å²) in [4.78, 5) is 27.3. The second-order valence-corrected chi connectivity index (χ2v) is 5.03. The van der Waals surface area contributed by atoms with Gasteiger partial charge in [-0.25, -0.2) is 0 Å². The zero-order valence-corrected chi connectivity index (χ0v) is 11.0. The van der Waals surface area contributed by atoms with Gasteiger partial charge < -0.3 is 14.5 Å². The van der Waals surface area contributed by atoms with Crippen molar-refractivity contribution in [2.45, 2.75) is 25.5 Å². The molecule has 0 aromatic heterocycles. The minimum Gasteiger partial charge on any atom is -0.486 e. The van der Waals surface area contributed by atoms with E-state index in [2.05, 4.69) is 0 Å². The average molecular weight is 260 g/mol. The third-order valence-electron chi connectivity index (χ3n) is 3.80. The summed E-state index contributed by atoms with van der Waals surface area (Å²) >= 11 is 0. The molecule has 1 aromatic carbocycles. The molecule has 0 spiro atoms. The number of rotatable bonds is 0. The highest BCUT2D eigenvalue weighted by molar-refractivity contribution is 6.00. The molecule has 0 N–H and O–H groups in total. The predicted octanol–water partition coefficient (Wildman–Crippen LogP) is 1.03. The number of likely N-dealkylation sites (tertiary alicyclic amines) is 1. The Balaban J connectivity index is 2.03. The van der Waals surface area contributed by atoms with E-state index in [4.69, 9.17) is 4.74 Å². The molecule has 0 radical (unpaired) electrons.